The quantitative estimate of drug-likeness (QED) is 0.888. The van der Waals surface area contributed by atoms with Gasteiger partial charge < -0.3 is 10.1 Å². The minimum absolute atomic E-state index is 0.416. The first-order valence-electron chi connectivity index (χ1n) is 6.71. The third-order valence-corrected chi connectivity index (χ3v) is 3.29. The summed E-state index contributed by atoms with van der Waals surface area (Å²) >= 11 is 5.86. The van der Waals surface area contributed by atoms with Crippen molar-refractivity contribution in [2.24, 2.45) is 0 Å². The number of hydrogen-bond donors (Lipinski definition) is 1. The van der Waals surface area contributed by atoms with Crippen molar-refractivity contribution < 1.29 is 4.74 Å². The summed E-state index contributed by atoms with van der Waals surface area (Å²) in [7, 11) is 0. The second-order valence-corrected chi connectivity index (χ2v) is 5.34. The van der Waals surface area contributed by atoms with Crippen LogP contribution in [0.2, 0.25) is 5.02 Å². The molecular weight excluding hydrogens is 274 g/mol. The maximum absolute atomic E-state index is 5.86. The average molecular weight is 290 g/mol. The minimum atomic E-state index is 0.416. The lowest BCUT2D eigenvalue weighted by atomic mass is 10.3. The van der Waals surface area contributed by atoms with Crippen molar-refractivity contribution >= 4 is 11.6 Å². The van der Waals surface area contributed by atoms with E-state index in [4.69, 9.17) is 16.3 Å². The fourth-order valence-corrected chi connectivity index (χ4v) is 2.04. The van der Waals surface area contributed by atoms with Gasteiger partial charge in [0, 0.05) is 24.8 Å². The van der Waals surface area contributed by atoms with Gasteiger partial charge in [-0.2, -0.15) is 0 Å². The first-order chi connectivity index (χ1) is 9.79. The lowest BCUT2D eigenvalue weighted by Crippen LogP contribution is -2.16. The molecule has 0 aliphatic heterocycles. The minimum Gasteiger partial charge on any atom is -0.486 e. The van der Waals surface area contributed by atoms with E-state index in [0.717, 1.165) is 17.9 Å². The first-order valence-corrected chi connectivity index (χ1v) is 7.09. The number of hydrogen-bond acceptors (Lipinski definition) is 4. The third kappa shape index (κ3) is 3.92. The molecule has 0 radical (unpaired) electrons. The van der Waals surface area contributed by atoms with Gasteiger partial charge in [0.25, 0.3) is 0 Å². The van der Waals surface area contributed by atoms with E-state index in [1.807, 2.05) is 18.2 Å². The van der Waals surface area contributed by atoms with Gasteiger partial charge in [-0.1, -0.05) is 17.7 Å². The van der Waals surface area contributed by atoms with E-state index in [1.165, 1.54) is 12.8 Å². The van der Waals surface area contributed by atoms with Gasteiger partial charge in [-0.05, 0) is 25.0 Å². The van der Waals surface area contributed by atoms with Crippen LogP contribution in [0.4, 0.5) is 0 Å². The maximum atomic E-state index is 5.86. The SMILES string of the molecule is Clc1cncc(OCc2cccc(CNC3CC3)n2)c1. The van der Waals surface area contributed by atoms with E-state index in [9.17, 15) is 0 Å². The fourth-order valence-electron chi connectivity index (χ4n) is 1.87. The Morgan fingerprint density at radius 2 is 2.10 bits per heavy atom. The standard InChI is InChI=1S/C15H16ClN3O/c16-11-6-15(9-17-7-11)20-10-14-3-1-2-13(19-14)8-18-12-4-5-12/h1-3,6-7,9,12,18H,4-5,8,10H2. The van der Waals surface area contributed by atoms with Crippen LogP contribution in [0.1, 0.15) is 24.2 Å². The number of nitrogens with one attached hydrogen (secondary N) is 1. The van der Waals surface area contributed by atoms with Crippen LogP contribution in [0.3, 0.4) is 0 Å². The topological polar surface area (TPSA) is 47.0 Å². The molecule has 1 N–H and O–H groups in total. The highest BCUT2D eigenvalue weighted by atomic mass is 35.5. The summed E-state index contributed by atoms with van der Waals surface area (Å²) in [5, 5.41) is 4.02. The monoisotopic (exact) mass is 289 g/mol. The molecule has 1 aliphatic rings. The molecular formula is C15H16ClN3O. The summed E-state index contributed by atoms with van der Waals surface area (Å²) in [5.41, 5.74) is 1.95. The number of rotatable bonds is 6. The van der Waals surface area contributed by atoms with Gasteiger partial charge in [0.1, 0.15) is 12.4 Å². The Balaban J connectivity index is 1.57. The Hall–Kier alpha value is -1.65. The normalized spacial score (nSPS) is 14.2. The van der Waals surface area contributed by atoms with Crippen molar-refractivity contribution in [2.75, 3.05) is 0 Å². The largest absolute Gasteiger partial charge is 0.486 e. The van der Waals surface area contributed by atoms with Crippen LogP contribution in [0, 0.1) is 0 Å². The van der Waals surface area contributed by atoms with Crippen molar-refractivity contribution in [3.63, 3.8) is 0 Å². The van der Waals surface area contributed by atoms with Crippen LogP contribution >= 0.6 is 11.6 Å². The predicted molar refractivity (Wildman–Crippen MR) is 77.7 cm³/mol. The van der Waals surface area contributed by atoms with Gasteiger partial charge in [0.2, 0.25) is 0 Å². The number of aromatic nitrogens is 2. The summed E-state index contributed by atoms with van der Waals surface area (Å²) in [6.45, 7) is 1.23. The Kier molecular flexibility index (Phi) is 4.14. The molecule has 104 valence electrons. The van der Waals surface area contributed by atoms with Gasteiger partial charge in [0.05, 0.1) is 22.6 Å². The molecule has 0 bridgehead atoms. The van der Waals surface area contributed by atoms with Gasteiger partial charge in [0.15, 0.2) is 0 Å². The molecule has 1 fully saturated rings. The lowest BCUT2D eigenvalue weighted by Gasteiger charge is -2.07. The van der Waals surface area contributed by atoms with Crippen LogP contribution in [0.5, 0.6) is 5.75 Å². The molecule has 0 unspecified atom stereocenters. The van der Waals surface area contributed by atoms with E-state index in [0.29, 0.717) is 23.4 Å². The van der Waals surface area contributed by atoms with Gasteiger partial charge in [-0.3, -0.25) is 9.97 Å². The summed E-state index contributed by atoms with van der Waals surface area (Å²) in [5.74, 6) is 0.654. The molecule has 0 atom stereocenters. The Labute approximate surface area is 123 Å². The molecule has 0 amide bonds. The lowest BCUT2D eigenvalue weighted by molar-refractivity contribution is 0.299. The highest BCUT2D eigenvalue weighted by molar-refractivity contribution is 6.30. The van der Waals surface area contributed by atoms with E-state index in [-0.39, 0.29) is 0 Å². The molecule has 20 heavy (non-hydrogen) atoms. The molecule has 2 aromatic rings. The molecule has 1 aliphatic carbocycles. The summed E-state index contributed by atoms with van der Waals surface area (Å²) < 4.78 is 5.64. The average Bonchev–Trinajstić information content (AvgIpc) is 3.28. The number of pyridine rings is 2. The summed E-state index contributed by atoms with van der Waals surface area (Å²) in [6.07, 6.45) is 5.79. The Bertz CT molecular complexity index is 587. The van der Waals surface area contributed by atoms with E-state index in [2.05, 4.69) is 15.3 Å². The second-order valence-electron chi connectivity index (χ2n) is 4.90. The first kappa shape index (κ1) is 13.3. The molecule has 2 aromatic heterocycles. The van der Waals surface area contributed by atoms with Crippen LogP contribution in [0.15, 0.2) is 36.7 Å². The zero-order valence-electron chi connectivity index (χ0n) is 11.1. The van der Waals surface area contributed by atoms with Crippen LogP contribution < -0.4 is 10.1 Å². The second kappa shape index (κ2) is 6.20. The van der Waals surface area contributed by atoms with Gasteiger partial charge in [-0.25, -0.2) is 0 Å². The van der Waals surface area contributed by atoms with Crippen LogP contribution in [0.25, 0.3) is 0 Å². The molecule has 0 aromatic carbocycles. The van der Waals surface area contributed by atoms with Crippen molar-refractivity contribution in [3.05, 3.63) is 53.1 Å². The number of nitrogens with zero attached hydrogens (tertiary/aromatic N) is 2. The van der Waals surface area contributed by atoms with E-state index >= 15 is 0 Å². The zero-order chi connectivity index (χ0) is 13.8. The Morgan fingerprint density at radius 1 is 1.25 bits per heavy atom. The fraction of sp³-hybridized carbons (Fsp3) is 0.333. The molecule has 1 saturated carbocycles. The molecule has 5 heteroatoms. The highest BCUT2D eigenvalue weighted by Crippen LogP contribution is 2.19. The maximum Gasteiger partial charge on any atom is 0.139 e. The molecule has 0 saturated heterocycles. The highest BCUT2D eigenvalue weighted by Gasteiger charge is 2.20. The number of ether oxygens (including phenoxy) is 1. The van der Waals surface area contributed by atoms with Gasteiger partial charge >= 0.3 is 0 Å². The summed E-state index contributed by atoms with van der Waals surface area (Å²) in [4.78, 5) is 8.55. The predicted octanol–water partition coefficient (Wildman–Crippen LogP) is 2.96. The van der Waals surface area contributed by atoms with Gasteiger partial charge in [-0.15, -0.1) is 0 Å². The molecule has 4 nitrogen and oxygen atoms in total. The van der Waals surface area contributed by atoms with Crippen molar-refractivity contribution in [3.8, 4) is 5.75 Å². The van der Waals surface area contributed by atoms with Crippen LogP contribution in [-0.4, -0.2) is 16.0 Å². The molecule has 0 spiro atoms. The van der Waals surface area contributed by atoms with Crippen molar-refractivity contribution in [1.82, 2.24) is 15.3 Å². The third-order valence-electron chi connectivity index (χ3n) is 3.08. The molecule has 2 heterocycles. The van der Waals surface area contributed by atoms with Crippen LogP contribution in [-0.2, 0) is 13.2 Å². The van der Waals surface area contributed by atoms with Crippen molar-refractivity contribution in [1.29, 1.82) is 0 Å². The zero-order valence-corrected chi connectivity index (χ0v) is 11.8. The smallest absolute Gasteiger partial charge is 0.139 e. The number of halogens is 1. The van der Waals surface area contributed by atoms with Crippen molar-refractivity contribution in [2.45, 2.75) is 32.0 Å². The molecule has 3 rings (SSSR count). The van der Waals surface area contributed by atoms with E-state index < -0.39 is 0 Å². The van der Waals surface area contributed by atoms with E-state index in [1.54, 1.807) is 18.5 Å². The summed E-state index contributed by atoms with van der Waals surface area (Å²) in [6, 6.07) is 8.42. The Morgan fingerprint density at radius 3 is 2.90 bits per heavy atom.